The minimum atomic E-state index is -5.00. The zero-order valence-electron chi connectivity index (χ0n) is 66.3. The van der Waals surface area contributed by atoms with Crippen molar-refractivity contribution in [2.75, 3.05) is 39.6 Å². The Morgan fingerprint density at radius 3 is 0.783 bits per heavy atom. The molecule has 106 heavy (non-hydrogen) atoms. The first kappa shape index (κ1) is 101. The summed E-state index contributed by atoms with van der Waals surface area (Å²) in [5.41, 5.74) is 0. The predicted molar refractivity (Wildman–Crippen MR) is 436 cm³/mol. The summed E-state index contributed by atoms with van der Waals surface area (Å²) in [7, 11) is -9.99. The molecular formula is C87H146O17P2. The summed E-state index contributed by atoms with van der Waals surface area (Å²) in [6.07, 6.45) is 89.6. The zero-order chi connectivity index (χ0) is 77.4. The Morgan fingerprint density at radius 1 is 0.274 bits per heavy atom. The van der Waals surface area contributed by atoms with Crippen LogP contribution < -0.4 is 0 Å². The van der Waals surface area contributed by atoms with E-state index in [0.717, 1.165) is 180 Å². The third-order valence-electron chi connectivity index (χ3n) is 16.8. The van der Waals surface area contributed by atoms with Gasteiger partial charge in [-0.1, -0.05) is 302 Å². The molecule has 5 atom stereocenters. The Balaban J connectivity index is 5.44. The molecule has 0 aliphatic heterocycles. The maximum Gasteiger partial charge on any atom is 0.472 e. The van der Waals surface area contributed by atoms with Gasteiger partial charge in [0.15, 0.2) is 12.2 Å². The van der Waals surface area contributed by atoms with E-state index in [1.165, 1.54) is 64.2 Å². The largest absolute Gasteiger partial charge is 0.472 e. The van der Waals surface area contributed by atoms with Gasteiger partial charge in [-0.2, -0.15) is 0 Å². The minimum Gasteiger partial charge on any atom is -0.462 e. The number of carbonyl (C=O) groups excluding carboxylic acids is 4. The molecule has 0 rings (SSSR count). The monoisotopic (exact) mass is 1530 g/mol. The topological polar surface area (TPSA) is 237 Å². The van der Waals surface area contributed by atoms with E-state index >= 15 is 0 Å². The van der Waals surface area contributed by atoms with E-state index in [2.05, 4.69) is 174 Å². The van der Waals surface area contributed by atoms with E-state index in [1.807, 2.05) is 0 Å². The lowest BCUT2D eigenvalue weighted by Gasteiger charge is -2.21. The molecule has 0 amide bonds. The maximum atomic E-state index is 13.1. The van der Waals surface area contributed by atoms with E-state index in [9.17, 15) is 43.2 Å². The second-order valence-corrected chi connectivity index (χ2v) is 29.8. The number of aliphatic hydroxyl groups is 1. The van der Waals surface area contributed by atoms with Gasteiger partial charge in [0.1, 0.15) is 19.3 Å². The quantitative estimate of drug-likeness (QED) is 0.0169. The number of phosphoric ester groups is 2. The standard InChI is InChI=1S/C87H146O17P2/c1-5-9-13-17-21-25-29-33-37-39-40-42-45-48-52-56-60-64-68-72-85(90)98-78-83(104-87(92)74-70-66-62-58-54-50-46-41-38-34-30-26-22-18-14-10-6-2)80-102-106(95,96)100-76-81(88)75-99-105(93,94)101-79-82(103-86(91)73-69-65-61-57-53-49-44-36-32-28-24-20-16-12-8-4)77-97-84(89)71-67-63-59-55-51-47-43-35-31-27-23-19-15-11-7-3/h9-11,13-15,21-23,25-27,33-35,37-38,40,42-43,48,51-52,55,81-83,88H,5-8,12,16-20,24,28-32,36,39,41,44-47,49-50,53-54,56-80H2,1-4H3,(H,93,94)(H,95,96)/b13-9-,14-10-,15-11-,25-21-,26-22-,27-23-,37-33-,38-34-,42-40-,43-35-,52-48-,55-51-. The molecule has 0 radical (unpaired) electrons. The Bertz CT molecular complexity index is 2580. The van der Waals surface area contributed by atoms with Crippen molar-refractivity contribution in [1.82, 2.24) is 0 Å². The Kier molecular flexibility index (Phi) is 74.3. The number of allylic oxidation sites excluding steroid dienone is 24. The molecular weight excluding hydrogens is 1380 g/mol. The Labute approximate surface area is 643 Å². The number of phosphoric acid groups is 2. The molecule has 0 aromatic carbocycles. The van der Waals surface area contributed by atoms with E-state index in [4.69, 9.17) is 37.0 Å². The van der Waals surface area contributed by atoms with Crippen LogP contribution in [0.4, 0.5) is 0 Å². The fourth-order valence-corrected chi connectivity index (χ4v) is 12.2. The first-order chi connectivity index (χ1) is 51.7. The highest BCUT2D eigenvalue weighted by molar-refractivity contribution is 7.47. The van der Waals surface area contributed by atoms with E-state index < -0.39 is 97.5 Å². The molecule has 0 spiro atoms. The highest BCUT2D eigenvalue weighted by Gasteiger charge is 2.30. The minimum absolute atomic E-state index is 0.0713. The number of hydrogen-bond donors (Lipinski definition) is 3. The van der Waals surface area contributed by atoms with Crippen LogP contribution in [0.3, 0.4) is 0 Å². The first-order valence-corrected chi connectivity index (χ1v) is 44.1. The molecule has 0 fully saturated rings. The number of hydrogen-bond acceptors (Lipinski definition) is 15. The average molecular weight is 1530 g/mol. The molecule has 0 saturated carbocycles. The number of unbranched alkanes of at least 4 members (excludes halogenated alkanes) is 26. The van der Waals surface area contributed by atoms with Crippen LogP contribution in [0.15, 0.2) is 146 Å². The van der Waals surface area contributed by atoms with Gasteiger partial charge in [0.25, 0.3) is 0 Å². The van der Waals surface area contributed by atoms with Gasteiger partial charge in [-0.25, -0.2) is 9.13 Å². The second-order valence-electron chi connectivity index (χ2n) is 26.9. The number of aliphatic hydroxyl groups excluding tert-OH is 1. The summed E-state index contributed by atoms with van der Waals surface area (Å²) >= 11 is 0. The van der Waals surface area contributed by atoms with Crippen molar-refractivity contribution in [2.24, 2.45) is 0 Å². The maximum absolute atomic E-state index is 13.1. The average Bonchev–Trinajstić information content (AvgIpc) is 0.902. The molecule has 5 unspecified atom stereocenters. The summed E-state index contributed by atoms with van der Waals surface area (Å²) in [5, 5.41) is 10.7. The lowest BCUT2D eigenvalue weighted by atomic mass is 10.0. The SMILES string of the molecule is CC/C=C\C/C=C\C/C=C\C/C=C\C/C=C\CCCCCC(=O)OCC(COP(=O)(O)OCC(O)COP(=O)(O)OCC(COC(=O)CCCC/C=C\C/C=C\C/C=C\C/C=C\CC)OC(=O)CCCCCCCCCCCCCCCCC)OC(=O)CCCCCCCCC/C=C\C/C=C\C/C=C\CC. The highest BCUT2D eigenvalue weighted by atomic mass is 31.2. The Morgan fingerprint density at radius 2 is 0.491 bits per heavy atom. The van der Waals surface area contributed by atoms with Crippen molar-refractivity contribution in [1.29, 1.82) is 0 Å². The van der Waals surface area contributed by atoms with Gasteiger partial charge in [0.05, 0.1) is 26.4 Å². The predicted octanol–water partition coefficient (Wildman–Crippen LogP) is 24.2. The third-order valence-corrected chi connectivity index (χ3v) is 18.7. The number of ether oxygens (including phenoxy) is 4. The molecule has 0 aromatic heterocycles. The number of esters is 4. The van der Waals surface area contributed by atoms with Crippen molar-refractivity contribution in [3.63, 3.8) is 0 Å². The molecule has 0 bridgehead atoms. The van der Waals surface area contributed by atoms with Crippen molar-refractivity contribution in [3.05, 3.63) is 146 Å². The molecule has 0 heterocycles. The first-order valence-electron chi connectivity index (χ1n) is 41.1. The molecule has 606 valence electrons. The lowest BCUT2D eigenvalue weighted by Crippen LogP contribution is -2.30. The normalized spacial score (nSPS) is 14.6. The smallest absolute Gasteiger partial charge is 0.462 e. The van der Waals surface area contributed by atoms with Crippen molar-refractivity contribution in [2.45, 2.75) is 341 Å². The van der Waals surface area contributed by atoms with Crippen LogP contribution in [0, 0.1) is 0 Å². The van der Waals surface area contributed by atoms with Gasteiger partial charge in [-0.05, 0) is 141 Å². The van der Waals surface area contributed by atoms with Gasteiger partial charge < -0.3 is 33.8 Å². The van der Waals surface area contributed by atoms with Gasteiger partial charge in [-0.3, -0.25) is 37.3 Å². The number of rotatable bonds is 76. The number of carbonyl (C=O) groups is 4. The van der Waals surface area contributed by atoms with Crippen LogP contribution in [0.25, 0.3) is 0 Å². The van der Waals surface area contributed by atoms with Gasteiger partial charge in [0.2, 0.25) is 0 Å². The van der Waals surface area contributed by atoms with Crippen LogP contribution in [-0.4, -0.2) is 96.7 Å². The van der Waals surface area contributed by atoms with Crippen LogP contribution in [0.1, 0.15) is 323 Å². The van der Waals surface area contributed by atoms with E-state index in [0.29, 0.717) is 25.7 Å². The van der Waals surface area contributed by atoms with Crippen LogP contribution in [-0.2, 0) is 65.4 Å². The molecule has 17 nitrogen and oxygen atoms in total. The fourth-order valence-electron chi connectivity index (χ4n) is 10.7. The fraction of sp³-hybridized carbons (Fsp3) is 0.678. The summed E-state index contributed by atoms with van der Waals surface area (Å²) in [5.74, 6) is -2.26. The molecule has 19 heteroatoms. The van der Waals surface area contributed by atoms with Gasteiger partial charge in [0, 0.05) is 25.7 Å². The highest BCUT2D eigenvalue weighted by Crippen LogP contribution is 2.45. The molecule has 3 N–H and O–H groups in total. The van der Waals surface area contributed by atoms with E-state index in [1.54, 1.807) is 0 Å². The van der Waals surface area contributed by atoms with Gasteiger partial charge >= 0.3 is 39.5 Å². The van der Waals surface area contributed by atoms with Crippen LogP contribution >= 0.6 is 15.6 Å². The lowest BCUT2D eigenvalue weighted by molar-refractivity contribution is -0.161. The van der Waals surface area contributed by atoms with Crippen LogP contribution in [0.2, 0.25) is 0 Å². The zero-order valence-corrected chi connectivity index (χ0v) is 68.1. The Hall–Kier alpha value is -5.06. The molecule has 0 saturated heterocycles. The summed E-state index contributed by atoms with van der Waals surface area (Å²) in [6, 6.07) is 0. The summed E-state index contributed by atoms with van der Waals surface area (Å²) in [6.45, 7) is 4.47. The van der Waals surface area contributed by atoms with Crippen molar-refractivity contribution < 1.29 is 80.2 Å². The van der Waals surface area contributed by atoms with Crippen LogP contribution in [0.5, 0.6) is 0 Å². The molecule has 0 aromatic rings. The van der Waals surface area contributed by atoms with E-state index in [-0.39, 0.29) is 25.7 Å². The summed E-state index contributed by atoms with van der Waals surface area (Å²) < 4.78 is 68.7. The van der Waals surface area contributed by atoms with Crippen molar-refractivity contribution in [3.8, 4) is 0 Å². The third kappa shape index (κ3) is 77.1. The summed E-state index contributed by atoms with van der Waals surface area (Å²) in [4.78, 5) is 73.1. The second kappa shape index (κ2) is 78.1. The van der Waals surface area contributed by atoms with Crippen molar-refractivity contribution >= 4 is 39.5 Å². The molecule has 0 aliphatic rings. The molecule has 0 aliphatic carbocycles. The van der Waals surface area contributed by atoms with Gasteiger partial charge in [-0.15, -0.1) is 0 Å².